The van der Waals surface area contributed by atoms with E-state index in [-0.39, 0.29) is 25.1 Å². The molecule has 40 heavy (non-hydrogen) atoms. The Morgan fingerprint density at radius 2 is 1.30 bits per heavy atom. The molecule has 0 fully saturated rings. The smallest absolute Gasteiger partial charge is 0.411 e. The molecule has 0 spiro atoms. The van der Waals surface area contributed by atoms with Crippen molar-refractivity contribution in [2.24, 2.45) is 0 Å². The first-order valence-corrected chi connectivity index (χ1v) is 12.9. The number of hydrogen-bond donors (Lipinski definition) is 2. The second-order valence-electron chi connectivity index (χ2n) is 10.0. The summed E-state index contributed by atoms with van der Waals surface area (Å²) in [5.74, 6) is -2.56. The summed E-state index contributed by atoms with van der Waals surface area (Å²) < 4.78 is 11.2. The normalized spacial score (nSPS) is 14.0. The van der Waals surface area contributed by atoms with Crippen molar-refractivity contribution in [2.45, 2.75) is 30.7 Å². The zero-order chi connectivity index (χ0) is 29.2. The molecule has 212 valence electrons. The Hall–Kier alpha value is -4.21. The van der Waals surface area contributed by atoms with Crippen LogP contribution in [0.5, 0.6) is 0 Å². The Kier molecular flexibility index (Phi) is 10.4. The van der Waals surface area contributed by atoms with Crippen LogP contribution in [0.4, 0.5) is 4.79 Å². The lowest BCUT2D eigenvalue weighted by Crippen LogP contribution is -2.54. The third kappa shape index (κ3) is 7.91. The number of ether oxygens (including phenoxy) is 2. The van der Waals surface area contributed by atoms with Gasteiger partial charge in [-0.05, 0) is 25.2 Å². The van der Waals surface area contributed by atoms with E-state index < -0.39 is 35.7 Å². The molecule has 0 saturated heterocycles. The molecule has 0 bridgehead atoms. The zero-order valence-corrected chi connectivity index (χ0v) is 23.0. The van der Waals surface area contributed by atoms with Crippen molar-refractivity contribution < 1.29 is 34.1 Å². The summed E-state index contributed by atoms with van der Waals surface area (Å²) in [7, 11) is 5.18. The van der Waals surface area contributed by atoms with Crippen LogP contribution in [-0.2, 0) is 37.7 Å². The lowest BCUT2D eigenvalue weighted by molar-refractivity contribution is -0.183. The number of nitrogens with zero attached hydrogens (tertiary/aromatic N) is 2. The van der Waals surface area contributed by atoms with Crippen LogP contribution < -0.4 is 0 Å². The van der Waals surface area contributed by atoms with Gasteiger partial charge in [0.2, 0.25) is 5.60 Å². The fourth-order valence-electron chi connectivity index (χ4n) is 4.23. The van der Waals surface area contributed by atoms with Crippen molar-refractivity contribution >= 4 is 18.0 Å². The average molecular weight is 549 g/mol. The van der Waals surface area contributed by atoms with Gasteiger partial charge in [-0.15, -0.1) is 0 Å². The van der Waals surface area contributed by atoms with Crippen LogP contribution in [-0.4, -0.2) is 77.9 Å². The van der Waals surface area contributed by atoms with Crippen molar-refractivity contribution in [1.29, 1.82) is 0 Å². The molecular weight excluding hydrogens is 512 g/mol. The van der Waals surface area contributed by atoms with Crippen LogP contribution in [0.1, 0.15) is 23.1 Å². The summed E-state index contributed by atoms with van der Waals surface area (Å²) >= 11 is 0. The lowest BCUT2D eigenvalue weighted by Gasteiger charge is -2.37. The van der Waals surface area contributed by atoms with Gasteiger partial charge in [-0.1, -0.05) is 91.0 Å². The van der Waals surface area contributed by atoms with Crippen LogP contribution in [0.2, 0.25) is 0 Å². The molecule has 0 saturated carbocycles. The number of hydrogen-bond acceptors (Lipinski definition) is 7. The Morgan fingerprint density at radius 1 is 0.775 bits per heavy atom. The zero-order valence-electron chi connectivity index (χ0n) is 23.0. The van der Waals surface area contributed by atoms with Crippen molar-refractivity contribution in [2.75, 3.05) is 34.2 Å². The molecule has 0 aliphatic carbocycles. The molecule has 2 atom stereocenters. The molecule has 3 aromatic rings. The topological polar surface area (TPSA) is 117 Å². The first-order chi connectivity index (χ1) is 19.1. The second-order valence-corrected chi connectivity index (χ2v) is 10.0. The third-order valence-corrected chi connectivity index (χ3v) is 6.51. The number of esters is 1. The fourth-order valence-corrected chi connectivity index (χ4v) is 4.23. The molecule has 2 unspecified atom stereocenters. The van der Waals surface area contributed by atoms with Crippen LogP contribution in [0, 0.1) is 0 Å². The minimum Gasteiger partial charge on any atom is -0.478 e. The molecule has 0 aliphatic rings. The summed E-state index contributed by atoms with van der Waals surface area (Å²) in [6.07, 6.45) is -1.96. The van der Waals surface area contributed by atoms with Crippen molar-refractivity contribution in [3.63, 3.8) is 0 Å². The van der Waals surface area contributed by atoms with E-state index in [9.17, 15) is 24.6 Å². The molecule has 9 heteroatoms. The molecule has 9 nitrogen and oxygen atoms in total. The number of carboxylic acid groups (broad SMARTS) is 1. The molecule has 2 N–H and O–H groups in total. The van der Waals surface area contributed by atoms with Gasteiger partial charge in [0.25, 0.3) is 0 Å². The minimum absolute atomic E-state index is 0.0965. The number of rotatable bonds is 13. The van der Waals surface area contributed by atoms with Gasteiger partial charge in [0.15, 0.2) is 5.60 Å². The molecule has 3 rings (SSSR count). The first-order valence-electron chi connectivity index (χ1n) is 12.9. The highest BCUT2D eigenvalue weighted by molar-refractivity contribution is 5.86. The first kappa shape index (κ1) is 30.3. The monoisotopic (exact) mass is 548 g/mol. The Labute approximate surface area is 234 Å². The van der Waals surface area contributed by atoms with Gasteiger partial charge >= 0.3 is 18.0 Å². The number of carbonyl (C=O) groups excluding carboxylic acids is 2. The predicted octanol–water partition coefficient (Wildman–Crippen LogP) is 3.70. The summed E-state index contributed by atoms with van der Waals surface area (Å²) in [4.78, 5) is 42.9. The Balaban J connectivity index is 2.03. The van der Waals surface area contributed by atoms with Gasteiger partial charge in [-0.3, -0.25) is 0 Å². The second kappa shape index (κ2) is 13.7. The van der Waals surface area contributed by atoms with E-state index in [1.165, 1.54) is 24.1 Å². The van der Waals surface area contributed by atoms with Crippen molar-refractivity contribution in [3.05, 3.63) is 108 Å². The van der Waals surface area contributed by atoms with Gasteiger partial charge in [-0.2, -0.15) is 0 Å². The van der Waals surface area contributed by atoms with E-state index >= 15 is 0 Å². The van der Waals surface area contributed by atoms with Crippen LogP contribution in [0.15, 0.2) is 91.0 Å². The summed E-state index contributed by atoms with van der Waals surface area (Å²) in [6, 6.07) is 25.5. The van der Waals surface area contributed by atoms with Crippen molar-refractivity contribution in [1.82, 2.24) is 9.80 Å². The van der Waals surface area contributed by atoms with Gasteiger partial charge in [0.1, 0.15) is 6.61 Å². The highest BCUT2D eigenvalue weighted by Gasteiger charge is 2.54. The summed E-state index contributed by atoms with van der Waals surface area (Å²) in [5.41, 5.74) is -3.41. The Bertz CT molecular complexity index is 1250. The van der Waals surface area contributed by atoms with Gasteiger partial charge in [0, 0.05) is 38.5 Å². The number of benzene rings is 3. The molecule has 0 heterocycles. The molecule has 3 aromatic carbocycles. The third-order valence-electron chi connectivity index (χ3n) is 6.51. The highest BCUT2D eigenvalue weighted by Crippen LogP contribution is 2.38. The van der Waals surface area contributed by atoms with Crippen LogP contribution in [0.25, 0.3) is 0 Å². The number of carboxylic acids is 1. The minimum atomic E-state index is -2.40. The van der Waals surface area contributed by atoms with E-state index in [0.717, 1.165) is 0 Å². The van der Waals surface area contributed by atoms with E-state index in [1.54, 1.807) is 72.8 Å². The standard InChI is InChI=1S/C31H36N2O7/c1-32(2)19-20-33(3)29(37)40-31(27(34)35,26-17-11-6-12-18-26)23-30(38,21-24-13-7-4-8-14-24)28(36)39-22-25-15-9-5-10-16-25/h4-18,38H,19-23H2,1-3H3,(H,34,35). The largest absolute Gasteiger partial charge is 0.478 e. The van der Waals surface area contributed by atoms with Crippen LogP contribution >= 0.6 is 0 Å². The average Bonchev–Trinajstić information content (AvgIpc) is 2.95. The number of likely N-dealkylation sites (N-methyl/N-ethyl adjacent to an activating group) is 2. The lowest BCUT2D eigenvalue weighted by atomic mass is 9.78. The maximum absolute atomic E-state index is 13.5. The predicted molar refractivity (Wildman–Crippen MR) is 149 cm³/mol. The number of aliphatic carboxylic acids is 1. The highest BCUT2D eigenvalue weighted by atomic mass is 16.6. The number of amides is 1. The molecule has 0 aliphatic heterocycles. The molecule has 0 radical (unpaired) electrons. The molecule has 1 amide bonds. The van der Waals surface area contributed by atoms with Gasteiger partial charge in [0.05, 0.1) is 0 Å². The summed E-state index contributed by atoms with van der Waals surface area (Å²) in [5, 5.41) is 22.5. The quantitative estimate of drug-likeness (QED) is 0.311. The van der Waals surface area contributed by atoms with E-state index in [4.69, 9.17) is 9.47 Å². The van der Waals surface area contributed by atoms with Gasteiger partial charge < -0.3 is 29.5 Å². The van der Waals surface area contributed by atoms with E-state index in [2.05, 4.69) is 0 Å². The number of aliphatic hydroxyl groups is 1. The number of carbonyl (C=O) groups is 3. The Morgan fingerprint density at radius 3 is 1.82 bits per heavy atom. The van der Waals surface area contributed by atoms with Crippen LogP contribution in [0.3, 0.4) is 0 Å². The fraction of sp³-hybridized carbons (Fsp3) is 0.323. The summed E-state index contributed by atoms with van der Waals surface area (Å²) in [6.45, 7) is 0.653. The molecule has 0 aromatic heterocycles. The SMILES string of the molecule is CN(C)CCN(C)C(=O)OC(CC(O)(Cc1ccccc1)C(=O)OCc1ccccc1)(C(=O)O)c1ccccc1. The van der Waals surface area contributed by atoms with E-state index in [1.807, 2.05) is 25.1 Å². The van der Waals surface area contributed by atoms with Crippen molar-refractivity contribution in [3.8, 4) is 0 Å². The maximum atomic E-state index is 13.5. The van der Waals surface area contributed by atoms with Gasteiger partial charge in [-0.25, -0.2) is 14.4 Å². The van der Waals surface area contributed by atoms with E-state index in [0.29, 0.717) is 17.7 Å². The maximum Gasteiger partial charge on any atom is 0.411 e. The molecular formula is C31H36N2O7.